The first-order chi connectivity index (χ1) is 10.6. The zero-order chi connectivity index (χ0) is 15.3. The molecule has 6 nitrogen and oxygen atoms in total. The van der Waals surface area contributed by atoms with E-state index >= 15 is 0 Å². The quantitative estimate of drug-likeness (QED) is 0.811. The lowest BCUT2D eigenvalue weighted by molar-refractivity contribution is 0.138. The number of imidazole rings is 1. The predicted molar refractivity (Wildman–Crippen MR) is 82.8 cm³/mol. The maximum absolute atomic E-state index is 11.3. The van der Waals surface area contributed by atoms with Gasteiger partial charge in [0.1, 0.15) is 18.2 Å². The Morgan fingerprint density at radius 2 is 2.36 bits per heavy atom. The Hall–Kier alpha value is -2.02. The van der Waals surface area contributed by atoms with Crippen LogP contribution in [0.1, 0.15) is 30.4 Å². The molecule has 2 N–H and O–H groups in total. The van der Waals surface area contributed by atoms with Gasteiger partial charge in [-0.15, -0.1) is 0 Å². The fourth-order valence-corrected chi connectivity index (χ4v) is 3.50. The van der Waals surface area contributed by atoms with Gasteiger partial charge in [0.05, 0.1) is 17.4 Å². The zero-order valence-electron chi connectivity index (χ0n) is 11.7. The van der Waals surface area contributed by atoms with Crippen LogP contribution in [0.4, 0.5) is 4.79 Å². The van der Waals surface area contributed by atoms with E-state index in [0.29, 0.717) is 19.0 Å². The van der Waals surface area contributed by atoms with E-state index in [2.05, 4.69) is 25.9 Å². The van der Waals surface area contributed by atoms with E-state index in [1.165, 1.54) is 4.90 Å². The number of nitrogens with zero attached hydrogens (tertiary/aromatic N) is 2. The third-order valence-corrected chi connectivity index (χ3v) is 4.68. The van der Waals surface area contributed by atoms with Crippen LogP contribution in [0.5, 0.6) is 5.75 Å². The molecule has 2 aliphatic heterocycles. The summed E-state index contributed by atoms with van der Waals surface area (Å²) < 4.78 is 6.71. The topological polar surface area (TPSA) is 78.5 Å². The number of benzene rings is 1. The van der Waals surface area contributed by atoms with Crippen LogP contribution in [0, 0.1) is 0 Å². The van der Waals surface area contributed by atoms with E-state index in [1.54, 1.807) is 0 Å². The molecule has 114 valence electrons. The van der Waals surface area contributed by atoms with Crippen LogP contribution in [0.25, 0.3) is 11.3 Å². The van der Waals surface area contributed by atoms with Gasteiger partial charge in [0.2, 0.25) is 0 Å². The standard InChI is InChI=1S/C15H14BrN3O3/c16-8-3-4-9-12(6-8)22-7-10-13(9)18-14(17-10)11-2-1-5-19(11)15(20)21/h3-4,6,11H,1-2,5,7H2,(H,17,18)(H,20,21). The minimum absolute atomic E-state index is 0.193. The summed E-state index contributed by atoms with van der Waals surface area (Å²) in [6, 6.07) is 5.64. The Bertz CT molecular complexity index is 758. The molecule has 7 heteroatoms. The number of likely N-dealkylation sites (tertiary alicyclic amines) is 1. The second-order valence-electron chi connectivity index (χ2n) is 5.51. The van der Waals surface area contributed by atoms with E-state index < -0.39 is 6.09 Å². The summed E-state index contributed by atoms with van der Waals surface area (Å²) in [6.07, 6.45) is 0.771. The smallest absolute Gasteiger partial charge is 0.407 e. The van der Waals surface area contributed by atoms with E-state index in [9.17, 15) is 9.90 Å². The Balaban J connectivity index is 1.75. The minimum atomic E-state index is -0.891. The summed E-state index contributed by atoms with van der Waals surface area (Å²) in [4.78, 5) is 20.7. The molecule has 1 fully saturated rings. The average molecular weight is 364 g/mol. The molecule has 1 amide bonds. The number of aromatic amines is 1. The molecule has 0 aliphatic carbocycles. The first-order valence-corrected chi connectivity index (χ1v) is 7.94. The third-order valence-electron chi connectivity index (χ3n) is 4.18. The number of aromatic nitrogens is 2. The third kappa shape index (κ3) is 2.08. The molecular formula is C15H14BrN3O3. The predicted octanol–water partition coefficient (Wildman–Crippen LogP) is 3.55. The number of carbonyl (C=O) groups is 1. The van der Waals surface area contributed by atoms with Crippen LogP contribution >= 0.6 is 15.9 Å². The summed E-state index contributed by atoms with van der Waals surface area (Å²) in [5.74, 6) is 1.51. The Kier molecular flexibility index (Phi) is 3.11. The van der Waals surface area contributed by atoms with Gasteiger partial charge in [-0.1, -0.05) is 15.9 Å². The van der Waals surface area contributed by atoms with Gasteiger partial charge in [-0.2, -0.15) is 0 Å². The van der Waals surface area contributed by atoms with Gasteiger partial charge in [-0.25, -0.2) is 9.78 Å². The van der Waals surface area contributed by atoms with Crippen molar-refractivity contribution in [3.05, 3.63) is 34.2 Å². The lowest BCUT2D eigenvalue weighted by Gasteiger charge is -2.19. The van der Waals surface area contributed by atoms with Crippen molar-refractivity contribution in [3.8, 4) is 17.0 Å². The highest BCUT2D eigenvalue weighted by molar-refractivity contribution is 9.10. The van der Waals surface area contributed by atoms with Crippen molar-refractivity contribution in [1.82, 2.24) is 14.9 Å². The number of amides is 1. The number of carboxylic acid groups (broad SMARTS) is 1. The summed E-state index contributed by atoms with van der Waals surface area (Å²) in [7, 11) is 0. The van der Waals surface area contributed by atoms with Gasteiger partial charge in [-0.05, 0) is 31.0 Å². The zero-order valence-corrected chi connectivity index (χ0v) is 13.3. The van der Waals surface area contributed by atoms with E-state index in [1.807, 2.05) is 18.2 Å². The van der Waals surface area contributed by atoms with Gasteiger partial charge in [0.25, 0.3) is 0 Å². The van der Waals surface area contributed by atoms with Crippen molar-refractivity contribution in [1.29, 1.82) is 0 Å². The minimum Gasteiger partial charge on any atom is -0.487 e. The average Bonchev–Trinajstić information content (AvgIpc) is 3.12. The van der Waals surface area contributed by atoms with E-state index in [-0.39, 0.29) is 6.04 Å². The molecule has 1 aromatic carbocycles. The summed E-state index contributed by atoms with van der Waals surface area (Å²) in [5.41, 5.74) is 2.70. The van der Waals surface area contributed by atoms with Gasteiger partial charge in [0.15, 0.2) is 0 Å². The van der Waals surface area contributed by atoms with Crippen molar-refractivity contribution in [3.63, 3.8) is 0 Å². The largest absolute Gasteiger partial charge is 0.487 e. The molecule has 1 atom stereocenters. The second kappa shape index (κ2) is 5.01. The summed E-state index contributed by atoms with van der Waals surface area (Å²) in [5, 5.41) is 9.29. The number of hydrogen-bond acceptors (Lipinski definition) is 3. The van der Waals surface area contributed by atoms with Crippen LogP contribution in [0.15, 0.2) is 22.7 Å². The highest BCUT2D eigenvalue weighted by Crippen LogP contribution is 2.40. The fourth-order valence-electron chi connectivity index (χ4n) is 3.16. The molecule has 0 saturated carbocycles. The molecule has 4 rings (SSSR count). The number of ether oxygens (including phenoxy) is 1. The van der Waals surface area contributed by atoms with Crippen molar-refractivity contribution in [2.24, 2.45) is 0 Å². The van der Waals surface area contributed by atoms with Crippen molar-refractivity contribution in [2.45, 2.75) is 25.5 Å². The monoisotopic (exact) mass is 363 g/mol. The first-order valence-electron chi connectivity index (χ1n) is 7.14. The molecule has 0 bridgehead atoms. The molecule has 22 heavy (non-hydrogen) atoms. The number of H-pyrrole nitrogens is 1. The van der Waals surface area contributed by atoms with Gasteiger partial charge in [0, 0.05) is 16.6 Å². The lowest BCUT2D eigenvalue weighted by atomic mass is 10.1. The molecule has 2 aromatic rings. The second-order valence-corrected chi connectivity index (χ2v) is 6.43. The van der Waals surface area contributed by atoms with Gasteiger partial charge >= 0.3 is 6.09 Å². The Morgan fingerprint density at radius 1 is 1.50 bits per heavy atom. The SMILES string of the molecule is O=C(O)N1CCCC1c1nc2c([nH]1)COc1cc(Br)ccc1-2. The van der Waals surface area contributed by atoms with Crippen LogP contribution in [-0.4, -0.2) is 32.6 Å². The maximum Gasteiger partial charge on any atom is 0.407 e. The maximum atomic E-state index is 11.3. The van der Waals surface area contributed by atoms with Gasteiger partial charge < -0.3 is 14.8 Å². The van der Waals surface area contributed by atoms with Crippen LogP contribution in [0.3, 0.4) is 0 Å². The Morgan fingerprint density at radius 3 is 3.18 bits per heavy atom. The first kappa shape index (κ1) is 13.6. The molecule has 1 unspecified atom stereocenters. The van der Waals surface area contributed by atoms with Crippen molar-refractivity contribution < 1.29 is 14.6 Å². The molecule has 2 aliphatic rings. The molecule has 3 heterocycles. The molecular weight excluding hydrogens is 350 g/mol. The van der Waals surface area contributed by atoms with E-state index in [4.69, 9.17) is 4.74 Å². The number of halogens is 1. The number of hydrogen-bond donors (Lipinski definition) is 2. The normalized spacial score (nSPS) is 19.5. The molecule has 1 saturated heterocycles. The fraction of sp³-hybridized carbons (Fsp3) is 0.333. The molecule has 0 spiro atoms. The van der Waals surface area contributed by atoms with Crippen molar-refractivity contribution >= 4 is 22.0 Å². The Labute approximate surface area is 135 Å². The van der Waals surface area contributed by atoms with E-state index in [0.717, 1.165) is 40.0 Å². The summed E-state index contributed by atoms with van der Waals surface area (Å²) in [6.45, 7) is 0.983. The van der Waals surface area contributed by atoms with Crippen LogP contribution in [-0.2, 0) is 6.61 Å². The van der Waals surface area contributed by atoms with Crippen LogP contribution < -0.4 is 4.74 Å². The van der Waals surface area contributed by atoms with Crippen molar-refractivity contribution in [2.75, 3.05) is 6.54 Å². The highest BCUT2D eigenvalue weighted by atomic mass is 79.9. The number of nitrogens with one attached hydrogen (secondary N) is 1. The summed E-state index contributed by atoms with van der Waals surface area (Å²) >= 11 is 3.43. The number of rotatable bonds is 1. The molecule has 0 radical (unpaired) electrons. The highest BCUT2D eigenvalue weighted by Gasteiger charge is 2.33. The molecule has 1 aromatic heterocycles. The lowest BCUT2D eigenvalue weighted by Crippen LogP contribution is -2.29. The van der Waals surface area contributed by atoms with Gasteiger partial charge in [-0.3, -0.25) is 4.90 Å². The van der Waals surface area contributed by atoms with Crippen LogP contribution in [0.2, 0.25) is 0 Å². The number of fused-ring (bicyclic) bond motifs is 3.